The lowest BCUT2D eigenvalue weighted by atomic mass is 9.88. The summed E-state index contributed by atoms with van der Waals surface area (Å²) < 4.78 is 25.1. The molecular formula is C22H29NO4S. The van der Waals surface area contributed by atoms with Crippen LogP contribution < -0.4 is 0 Å². The molecule has 6 heteroatoms. The first-order valence-corrected chi connectivity index (χ1v) is 11.8. The number of hydrogen-bond donors (Lipinski definition) is 1. The van der Waals surface area contributed by atoms with Gasteiger partial charge in [-0.05, 0) is 49.8 Å². The maximum Gasteiger partial charge on any atom is 0.337 e. The van der Waals surface area contributed by atoms with Crippen molar-refractivity contribution in [2.24, 2.45) is 5.92 Å². The van der Waals surface area contributed by atoms with Crippen molar-refractivity contribution in [3.8, 4) is 0 Å². The molecule has 2 aliphatic rings. The Morgan fingerprint density at radius 1 is 1.11 bits per heavy atom. The second-order valence-corrected chi connectivity index (χ2v) is 9.82. The van der Waals surface area contributed by atoms with Crippen LogP contribution in [0.3, 0.4) is 0 Å². The molecule has 28 heavy (non-hydrogen) atoms. The minimum Gasteiger partial charge on any atom is -0.478 e. The Morgan fingerprint density at radius 2 is 1.82 bits per heavy atom. The van der Waals surface area contributed by atoms with Gasteiger partial charge in [-0.15, -0.1) is 0 Å². The van der Waals surface area contributed by atoms with E-state index >= 15 is 0 Å². The zero-order valence-corrected chi connectivity index (χ0v) is 17.0. The van der Waals surface area contributed by atoms with E-state index in [2.05, 4.69) is 4.90 Å². The number of aliphatic carboxylic acids is 1. The monoisotopic (exact) mass is 403 g/mol. The van der Waals surface area contributed by atoms with Crippen LogP contribution in [0.1, 0.15) is 44.9 Å². The molecule has 1 aromatic carbocycles. The van der Waals surface area contributed by atoms with E-state index in [0.29, 0.717) is 35.8 Å². The Balaban J connectivity index is 1.69. The normalized spacial score (nSPS) is 18.5. The number of allylic oxidation sites excluding steroid dienone is 1. The van der Waals surface area contributed by atoms with Crippen molar-refractivity contribution in [1.82, 2.24) is 4.90 Å². The van der Waals surface area contributed by atoms with E-state index in [-0.39, 0.29) is 5.75 Å². The second-order valence-electron chi connectivity index (χ2n) is 7.71. The zero-order valence-electron chi connectivity index (χ0n) is 16.2. The number of carboxylic acid groups (broad SMARTS) is 1. The Bertz CT molecular complexity index is 837. The number of carboxylic acids is 1. The molecule has 0 bridgehead atoms. The van der Waals surface area contributed by atoms with E-state index < -0.39 is 15.8 Å². The van der Waals surface area contributed by atoms with Crippen molar-refractivity contribution in [2.75, 3.05) is 18.8 Å². The van der Waals surface area contributed by atoms with Gasteiger partial charge in [-0.25, -0.2) is 13.2 Å². The summed E-state index contributed by atoms with van der Waals surface area (Å²) in [6.45, 7) is 1.57. The average molecular weight is 404 g/mol. The maximum absolute atomic E-state index is 12.5. The van der Waals surface area contributed by atoms with Crippen LogP contribution in [-0.2, 0) is 14.6 Å². The SMILES string of the molecule is O=C(O)C1=C(CCCS(=O)(=O)c2ccccc2)N(CC2CCCCC2)CC=C1. The molecule has 1 N–H and O–H groups in total. The third-order valence-corrected chi connectivity index (χ3v) is 7.48. The molecule has 1 fully saturated rings. The van der Waals surface area contributed by atoms with Crippen molar-refractivity contribution in [3.63, 3.8) is 0 Å². The van der Waals surface area contributed by atoms with Crippen LogP contribution in [0.4, 0.5) is 0 Å². The van der Waals surface area contributed by atoms with Crippen molar-refractivity contribution < 1.29 is 18.3 Å². The summed E-state index contributed by atoms with van der Waals surface area (Å²) in [7, 11) is -3.35. The first-order chi connectivity index (χ1) is 13.5. The largest absolute Gasteiger partial charge is 0.478 e. The lowest BCUT2D eigenvalue weighted by Gasteiger charge is -2.34. The van der Waals surface area contributed by atoms with Gasteiger partial charge < -0.3 is 10.0 Å². The van der Waals surface area contributed by atoms with Gasteiger partial charge in [0.15, 0.2) is 9.84 Å². The molecule has 1 saturated carbocycles. The van der Waals surface area contributed by atoms with Gasteiger partial charge in [0.2, 0.25) is 0 Å². The van der Waals surface area contributed by atoms with Gasteiger partial charge in [0.1, 0.15) is 0 Å². The van der Waals surface area contributed by atoms with Crippen LogP contribution in [0.5, 0.6) is 0 Å². The molecule has 0 amide bonds. The van der Waals surface area contributed by atoms with E-state index in [0.717, 1.165) is 12.2 Å². The van der Waals surface area contributed by atoms with E-state index in [4.69, 9.17) is 0 Å². The molecular weight excluding hydrogens is 374 g/mol. The molecule has 3 rings (SSSR count). The molecule has 0 radical (unpaired) electrons. The highest BCUT2D eigenvalue weighted by Gasteiger charge is 2.25. The lowest BCUT2D eigenvalue weighted by molar-refractivity contribution is -0.132. The van der Waals surface area contributed by atoms with Crippen LogP contribution in [0.15, 0.2) is 58.6 Å². The molecule has 1 aliphatic heterocycles. The fourth-order valence-electron chi connectivity index (χ4n) is 4.20. The highest BCUT2D eigenvalue weighted by atomic mass is 32.2. The van der Waals surface area contributed by atoms with Crippen LogP contribution in [0, 0.1) is 5.92 Å². The van der Waals surface area contributed by atoms with Crippen molar-refractivity contribution in [3.05, 3.63) is 53.8 Å². The van der Waals surface area contributed by atoms with Gasteiger partial charge in [-0.1, -0.05) is 43.5 Å². The summed E-state index contributed by atoms with van der Waals surface area (Å²) in [6.07, 6.45) is 10.6. The molecule has 0 saturated heterocycles. The number of rotatable bonds is 8. The van der Waals surface area contributed by atoms with Gasteiger partial charge in [0, 0.05) is 18.8 Å². The molecule has 0 unspecified atom stereocenters. The minimum absolute atomic E-state index is 0.0222. The summed E-state index contributed by atoms with van der Waals surface area (Å²) in [5.41, 5.74) is 1.09. The van der Waals surface area contributed by atoms with Crippen LogP contribution in [0.25, 0.3) is 0 Å². The highest BCUT2D eigenvalue weighted by Crippen LogP contribution is 2.29. The highest BCUT2D eigenvalue weighted by molar-refractivity contribution is 7.91. The fraction of sp³-hybridized carbons (Fsp3) is 0.500. The maximum atomic E-state index is 12.5. The number of hydrogen-bond acceptors (Lipinski definition) is 4. The fourth-order valence-corrected chi connectivity index (χ4v) is 5.54. The first-order valence-electron chi connectivity index (χ1n) is 10.1. The zero-order chi connectivity index (χ0) is 20.0. The summed E-state index contributed by atoms with van der Waals surface area (Å²) in [5, 5.41) is 9.62. The van der Waals surface area contributed by atoms with Crippen LogP contribution >= 0.6 is 0 Å². The molecule has 152 valence electrons. The molecule has 1 aromatic rings. The van der Waals surface area contributed by atoms with Gasteiger partial charge in [0.25, 0.3) is 0 Å². The number of nitrogens with zero attached hydrogens (tertiary/aromatic N) is 1. The first kappa shape index (κ1) is 20.6. The predicted octanol–water partition coefficient (Wildman–Crippen LogP) is 4.03. The Hall–Kier alpha value is -2.08. The van der Waals surface area contributed by atoms with E-state index in [9.17, 15) is 18.3 Å². The molecule has 5 nitrogen and oxygen atoms in total. The topological polar surface area (TPSA) is 74.7 Å². The average Bonchev–Trinajstić information content (AvgIpc) is 2.70. The van der Waals surface area contributed by atoms with E-state index in [1.54, 1.807) is 36.4 Å². The second kappa shape index (κ2) is 9.41. The predicted molar refractivity (Wildman–Crippen MR) is 110 cm³/mol. The van der Waals surface area contributed by atoms with Crippen LogP contribution in [0.2, 0.25) is 0 Å². The molecule has 0 atom stereocenters. The number of sulfone groups is 1. The van der Waals surface area contributed by atoms with Gasteiger partial charge in [-0.2, -0.15) is 0 Å². The lowest BCUT2D eigenvalue weighted by Crippen LogP contribution is -2.34. The smallest absolute Gasteiger partial charge is 0.337 e. The van der Waals surface area contributed by atoms with Crippen LogP contribution in [-0.4, -0.2) is 43.2 Å². The van der Waals surface area contributed by atoms with Crippen molar-refractivity contribution in [1.29, 1.82) is 0 Å². The Morgan fingerprint density at radius 3 is 2.50 bits per heavy atom. The van der Waals surface area contributed by atoms with E-state index in [1.165, 1.54) is 32.1 Å². The quantitative estimate of drug-likeness (QED) is 0.709. The Kier molecular flexibility index (Phi) is 6.94. The molecule has 1 aliphatic carbocycles. The Labute approximate surface area is 167 Å². The summed E-state index contributed by atoms with van der Waals surface area (Å²) >= 11 is 0. The number of carbonyl (C=O) groups is 1. The summed E-state index contributed by atoms with van der Waals surface area (Å²) in [4.78, 5) is 14.2. The van der Waals surface area contributed by atoms with Crippen molar-refractivity contribution >= 4 is 15.8 Å². The van der Waals surface area contributed by atoms with Gasteiger partial charge in [0.05, 0.1) is 16.2 Å². The standard InChI is InChI=1S/C22H29NO4S/c24-22(25)20-13-7-15-23(17-18-9-3-1-4-10-18)21(20)14-8-16-28(26,27)19-11-5-2-6-12-19/h2,5-7,11-13,18H,1,3-4,8-10,14-17H2,(H,24,25). The minimum atomic E-state index is -3.35. The van der Waals surface area contributed by atoms with Gasteiger partial charge >= 0.3 is 5.97 Å². The number of benzene rings is 1. The molecule has 0 aromatic heterocycles. The molecule has 0 spiro atoms. The third kappa shape index (κ3) is 5.25. The molecule has 1 heterocycles. The third-order valence-electron chi connectivity index (χ3n) is 5.67. The summed E-state index contributed by atoms with van der Waals surface area (Å²) in [6, 6.07) is 8.44. The van der Waals surface area contributed by atoms with Gasteiger partial charge in [-0.3, -0.25) is 0 Å². The van der Waals surface area contributed by atoms with Crippen molar-refractivity contribution in [2.45, 2.75) is 49.8 Å². The van der Waals surface area contributed by atoms with E-state index in [1.807, 2.05) is 6.08 Å². The summed E-state index contributed by atoms with van der Waals surface area (Å²) in [5.74, 6) is -0.321.